The lowest BCUT2D eigenvalue weighted by atomic mass is 9.79. The monoisotopic (exact) mass is 381 g/mol. The highest BCUT2D eigenvalue weighted by Gasteiger charge is 2.54. The summed E-state index contributed by atoms with van der Waals surface area (Å²) in [4.78, 5) is 12.7. The van der Waals surface area contributed by atoms with E-state index in [-0.39, 0.29) is 12.5 Å². The van der Waals surface area contributed by atoms with Gasteiger partial charge >= 0.3 is 0 Å². The molecule has 1 heterocycles. The van der Waals surface area contributed by atoms with Crippen LogP contribution in [0.3, 0.4) is 0 Å². The minimum Gasteiger partial charge on any atom is -0.493 e. The Labute approximate surface area is 165 Å². The van der Waals surface area contributed by atoms with Gasteiger partial charge in [0.2, 0.25) is 0 Å². The molecule has 0 saturated heterocycles. The molecule has 2 bridgehead atoms. The number of nitrogens with one attached hydrogen (secondary N) is 1. The lowest BCUT2D eigenvalue weighted by Gasteiger charge is -2.31. The van der Waals surface area contributed by atoms with Gasteiger partial charge in [-0.25, -0.2) is 0 Å². The molecular formula is C23H27NO4. The summed E-state index contributed by atoms with van der Waals surface area (Å²) in [7, 11) is 1.61. The van der Waals surface area contributed by atoms with Gasteiger partial charge in [-0.3, -0.25) is 4.79 Å². The molecule has 3 fully saturated rings. The van der Waals surface area contributed by atoms with Crippen LogP contribution in [0, 0.1) is 23.7 Å². The van der Waals surface area contributed by atoms with E-state index in [2.05, 4.69) is 5.32 Å². The number of rotatable bonds is 6. The number of fused-ring (bicyclic) bond motifs is 5. The molecule has 0 spiro atoms. The quantitative estimate of drug-likeness (QED) is 0.805. The summed E-state index contributed by atoms with van der Waals surface area (Å²) in [5, 5.41) is 3.25. The van der Waals surface area contributed by atoms with E-state index >= 15 is 0 Å². The van der Waals surface area contributed by atoms with E-state index in [1.807, 2.05) is 24.3 Å². The second kappa shape index (κ2) is 7.19. The second-order valence-corrected chi connectivity index (χ2v) is 8.44. The first-order valence-corrected chi connectivity index (χ1v) is 10.4. The van der Waals surface area contributed by atoms with E-state index in [9.17, 15) is 4.79 Å². The van der Waals surface area contributed by atoms with Crippen molar-refractivity contribution >= 4 is 5.91 Å². The van der Waals surface area contributed by atoms with Crippen LogP contribution in [0.25, 0.3) is 0 Å². The van der Waals surface area contributed by atoms with Crippen molar-refractivity contribution in [3.63, 3.8) is 0 Å². The fourth-order valence-electron chi connectivity index (χ4n) is 5.94. The van der Waals surface area contributed by atoms with Crippen LogP contribution in [0.5, 0.6) is 11.5 Å². The molecule has 5 nitrogen and oxygen atoms in total. The molecule has 3 saturated carbocycles. The van der Waals surface area contributed by atoms with E-state index in [4.69, 9.17) is 13.9 Å². The average molecular weight is 381 g/mol. The molecule has 148 valence electrons. The molecule has 0 radical (unpaired) electrons. The maximum atomic E-state index is 12.7. The predicted octanol–water partition coefficient (Wildman–Crippen LogP) is 4.42. The molecule has 5 heteroatoms. The van der Waals surface area contributed by atoms with Crippen molar-refractivity contribution in [3.8, 4) is 11.5 Å². The molecule has 1 N–H and O–H groups in total. The number of carbonyl (C=O) groups excluding carboxylic acids is 1. The van der Waals surface area contributed by atoms with Crippen molar-refractivity contribution < 1.29 is 18.7 Å². The van der Waals surface area contributed by atoms with Crippen LogP contribution < -0.4 is 14.8 Å². The topological polar surface area (TPSA) is 60.7 Å². The number of furan rings is 1. The molecule has 0 aliphatic heterocycles. The smallest absolute Gasteiger partial charge is 0.287 e. The lowest BCUT2D eigenvalue weighted by molar-refractivity contribution is 0.0869. The lowest BCUT2D eigenvalue weighted by Crippen LogP contribution is -2.42. The van der Waals surface area contributed by atoms with Crippen LogP contribution >= 0.6 is 0 Å². The third-order valence-electron chi connectivity index (χ3n) is 7.07. The maximum absolute atomic E-state index is 12.7. The van der Waals surface area contributed by atoms with Crippen LogP contribution in [0.4, 0.5) is 0 Å². The Bertz CT molecular complexity index is 860. The highest BCUT2D eigenvalue weighted by atomic mass is 16.5. The summed E-state index contributed by atoms with van der Waals surface area (Å²) in [6.45, 7) is 0.255. The number of hydrogen-bond donors (Lipinski definition) is 1. The Balaban J connectivity index is 1.19. The van der Waals surface area contributed by atoms with Gasteiger partial charge in [0.15, 0.2) is 17.3 Å². The molecule has 2 aromatic rings. The first-order chi connectivity index (χ1) is 13.7. The Morgan fingerprint density at radius 2 is 1.89 bits per heavy atom. The molecule has 3 aliphatic carbocycles. The van der Waals surface area contributed by atoms with Crippen molar-refractivity contribution in [3.05, 3.63) is 47.9 Å². The van der Waals surface area contributed by atoms with Crippen LogP contribution in [0.1, 0.15) is 48.4 Å². The molecule has 3 aliphatic rings. The van der Waals surface area contributed by atoms with Crippen molar-refractivity contribution in [2.45, 2.75) is 44.8 Å². The molecule has 1 aromatic carbocycles. The average Bonchev–Trinajstić information content (AvgIpc) is 3.48. The first kappa shape index (κ1) is 17.7. The van der Waals surface area contributed by atoms with Crippen LogP contribution in [-0.4, -0.2) is 19.1 Å². The number of methoxy groups -OCH3 is 1. The summed E-state index contributed by atoms with van der Waals surface area (Å²) in [5.41, 5.74) is 0. The normalized spacial score (nSPS) is 30.2. The largest absolute Gasteiger partial charge is 0.493 e. The summed E-state index contributed by atoms with van der Waals surface area (Å²) < 4.78 is 16.8. The number of amides is 1. The minimum atomic E-state index is -0.101. The molecular weight excluding hydrogens is 354 g/mol. The molecule has 5 rings (SSSR count). The zero-order valence-corrected chi connectivity index (χ0v) is 16.2. The molecule has 28 heavy (non-hydrogen) atoms. The Hall–Kier alpha value is -2.43. The van der Waals surface area contributed by atoms with E-state index < -0.39 is 0 Å². The number of carbonyl (C=O) groups is 1. The maximum Gasteiger partial charge on any atom is 0.287 e. The van der Waals surface area contributed by atoms with Gasteiger partial charge in [-0.15, -0.1) is 0 Å². The third kappa shape index (κ3) is 3.07. The molecule has 1 amide bonds. The highest BCUT2D eigenvalue weighted by Crippen LogP contribution is 2.58. The summed E-state index contributed by atoms with van der Waals surface area (Å²) >= 11 is 0. The van der Waals surface area contributed by atoms with Gasteiger partial charge in [-0.2, -0.15) is 0 Å². The fourth-order valence-corrected chi connectivity index (χ4v) is 5.94. The van der Waals surface area contributed by atoms with Gasteiger partial charge in [0, 0.05) is 6.04 Å². The van der Waals surface area contributed by atoms with Crippen LogP contribution in [0.2, 0.25) is 0 Å². The molecule has 0 unspecified atom stereocenters. The van der Waals surface area contributed by atoms with Crippen LogP contribution in [-0.2, 0) is 6.61 Å². The van der Waals surface area contributed by atoms with Gasteiger partial charge in [-0.05, 0) is 73.6 Å². The van der Waals surface area contributed by atoms with Crippen LogP contribution in [0.15, 0.2) is 40.8 Å². The van der Waals surface area contributed by atoms with Gasteiger partial charge in [0.05, 0.1) is 7.11 Å². The Kier molecular flexibility index (Phi) is 4.53. The predicted molar refractivity (Wildman–Crippen MR) is 104 cm³/mol. The summed E-state index contributed by atoms with van der Waals surface area (Å²) in [5.74, 6) is 5.48. The van der Waals surface area contributed by atoms with Gasteiger partial charge < -0.3 is 19.2 Å². The highest BCUT2D eigenvalue weighted by molar-refractivity contribution is 5.91. The van der Waals surface area contributed by atoms with Gasteiger partial charge in [0.1, 0.15) is 12.4 Å². The summed E-state index contributed by atoms with van der Waals surface area (Å²) in [6, 6.07) is 11.3. The Morgan fingerprint density at radius 3 is 2.75 bits per heavy atom. The van der Waals surface area contributed by atoms with E-state index in [1.165, 1.54) is 25.7 Å². The van der Waals surface area contributed by atoms with Gasteiger partial charge in [-0.1, -0.05) is 18.6 Å². The second-order valence-electron chi connectivity index (χ2n) is 8.44. The Morgan fingerprint density at radius 1 is 1.07 bits per heavy atom. The van der Waals surface area contributed by atoms with Gasteiger partial charge in [0.25, 0.3) is 5.91 Å². The van der Waals surface area contributed by atoms with E-state index in [0.717, 1.165) is 24.2 Å². The number of benzene rings is 1. The number of ether oxygens (including phenoxy) is 2. The van der Waals surface area contributed by atoms with Crippen molar-refractivity contribution in [1.29, 1.82) is 0 Å². The van der Waals surface area contributed by atoms with Crippen molar-refractivity contribution in [2.24, 2.45) is 23.7 Å². The van der Waals surface area contributed by atoms with Crippen molar-refractivity contribution in [1.82, 2.24) is 5.32 Å². The van der Waals surface area contributed by atoms with E-state index in [1.54, 1.807) is 19.2 Å². The number of para-hydroxylation sites is 2. The van der Waals surface area contributed by atoms with Crippen molar-refractivity contribution in [2.75, 3.05) is 7.11 Å². The molecule has 5 atom stereocenters. The zero-order valence-electron chi connectivity index (χ0n) is 16.2. The first-order valence-electron chi connectivity index (χ1n) is 10.4. The minimum absolute atomic E-state index is 0.101. The fraction of sp³-hybridized carbons (Fsp3) is 0.522. The SMILES string of the molecule is COc1ccccc1OCc1ccc(C(=O)N[C@@H]2C[C@H]3C[C@H]2[C@@H]2CCC[C@H]32)o1. The summed E-state index contributed by atoms with van der Waals surface area (Å²) in [6.07, 6.45) is 6.57. The zero-order chi connectivity index (χ0) is 19.1. The third-order valence-corrected chi connectivity index (χ3v) is 7.07. The van der Waals surface area contributed by atoms with E-state index in [0.29, 0.717) is 35.0 Å². The molecule has 1 aromatic heterocycles. The standard InChI is InChI=1S/C23H27NO4/c1-26-20-7-2-3-8-21(20)27-13-15-9-10-22(28-15)23(25)24-19-12-14-11-18(19)17-6-4-5-16(14)17/h2-3,7-10,14,16-19H,4-6,11-13H2,1H3,(H,24,25)/t14-,16-,17-,18+,19-/m1/s1. The number of hydrogen-bond acceptors (Lipinski definition) is 4.